The molecule has 1 atom stereocenters. The molecule has 0 N–H and O–H groups in total. The van der Waals surface area contributed by atoms with Gasteiger partial charge in [-0.2, -0.15) is 0 Å². The smallest absolute Gasteiger partial charge is 0.265 e. The largest absolute Gasteiger partial charge is 0.315 e. The zero-order chi connectivity index (χ0) is 20.0. The standard InChI is InChI=1S/C24H19N3O2/c1-26-21-14-8-6-11-17(21)19(23(26)28)15-22-25-20-13-7-5-12-18(20)24(29)27(22)16-9-3-2-4-10-16/h2-14,19H,15H2,1H3/t19-/m1/s1. The first kappa shape index (κ1) is 17.4. The number of amides is 1. The Bertz CT molecular complexity index is 1290. The summed E-state index contributed by atoms with van der Waals surface area (Å²) in [7, 11) is 1.79. The molecule has 1 amide bonds. The number of carbonyl (C=O) groups is 1. The van der Waals surface area contributed by atoms with Crippen LogP contribution in [0.25, 0.3) is 16.6 Å². The molecule has 5 heteroatoms. The lowest BCUT2D eigenvalue weighted by atomic mass is 9.96. The van der Waals surface area contributed by atoms with E-state index in [0.717, 1.165) is 16.9 Å². The second-order valence-corrected chi connectivity index (χ2v) is 7.23. The van der Waals surface area contributed by atoms with Crippen LogP contribution in [-0.2, 0) is 11.2 Å². The number of fused-ring (bicyclic) bond motifs is 2. The Morgan fingerprint density at radius 1 is 0.862 bits per heavy atom. The van der Waals surface area contributed by atoms with Gasteiger partial charge in [0.2, 0.25) is 5.91 Å². The van der Waals surface area contributed by atoms with Crippen molar-refractivity contribution in [2.75, 3.05) is 11.9 Å². The maximum Gasteiger partial charge on any atom is 0.265 e. The highest BCUT2D eigenvalue weighted by molar-refractivity contribution is 6.04. The van der Waals surface area contributed by atoms with Crippen LogP contribution >= 0.6 is 0 Å². The molecule has 0 saturated carbocycles. The maximum absolute atomic E-state index is 13.3. The summed E-state index contributed by atoms with van der Waals surface area (Å²) in [5, 5.41) is 0.565. The Kier molecular flexibility index (Phi) is 4.02. The second kappa shape index (κ2) is 6.71. The maximum atomic E-state index is 13.3. The number of likely N-dealkylation sites (N-methyl/N-ethyl adjacent to an activating group) is 1. The molecule has 1 aromatic heterocycles. The van der Waals surface area contributed by atoms with Crippen molar-refractivity contribution in [1.82, 2.24) is 9.55 Å². The molecule has 0 radical (unpaired) electrons. The van der Waals surface area contributed by atoms with Crippen LogP contribution in [-0.4, -0.2) is 22.5 Å². The highest BCUT2D eigenvalue weighted by atomic mass is 16.2. The normalized spacial score (nSPS) is 15.7. The molecule has 0 spiro atoms. The highest BCUT2D eigenvalue weighted by Gasteiger charge is 2.36. The summed E-state index contributed by atoms with van der Waals surface area (Å²) >= 11 is 0. The van der Waals surface area contributed by atoms with E-state index in [1.807, 2.05) is 72.8 Å². The van der Waals surface area contributed by atoms with Gasteiger partial charge in [-0.3, -0.25) is 14.2 Å². The molecule has 0 unspecified atom stereocenters. The lowest BCUT2D eigenvalue weighted by molar-refractivity contribution is -0.119. The first-order valence-electron chi connectivity index (χ1n) is 9.58. The van der Waals surface area contributed by atoms with Crippen LogP contribution in [0.3, 0.4) is 0 Å². The number of hydrogen-bond donors (Lipinski definition) is 0. The molecular formula is C24H19N3O2. The minimum Gasteiger partial charge on any atom is -0.315 e. The molecule has 0 fully saturated rings. The van der Waals surface area contributed by atoms with Gasteiger partial charge in [0, 0.05) is 19.2 Å². The Morgan fingerprint density at radius 2 is 1.55 bits per heavy atom. The summed E-state index contributed by atoms with van der Waals surface area (Å²) in [6.07, 6.45) is 0.356. The van der Waals surface area contributed by atoms with Gasteiger partial charge in [-0.15, -0.1) is 0 Å². The van der Waals surface area contributed by atoms with E-state index in [1.54, 1.807) is 22.6 Å². The summed E-state index contributed by atoms with van der Waals surface area (Å²) in [5.74, 6) is 0.246. The molecule has 1 aliphatic rings. The van der Waals surface area contributed by atoms with Gasteiger partial charge in [-0.25, -0.2) is 4.98 Å². The van der Waals surface area contributed by atoms with E-state index in [9.17, 15) is 9.59 Å². The minimum absolute atomic E-state index is 0.0215. The fourth-order valence-corrected chi connectivity index (χ4v) is 4.11. The molecule has 5 rings (SSSR count). The number of benzene rings is 3. The Labute approximate surface area is 167 Å². The van der Waals surface area contributed by atoms with Crippen LogP contribution in [0.15, 0.2) is 83.7 Å². The van der Waals surface area contributed by atoms with Crippen molar-refractivity contribution in [2.24, 2.45) is 0 Å². The van der Waals surface area contributed by atoms with Crippen LogP contribution in [0.4, 0.5) is 5.69 Å². The van der Waals surface area contributed by atoms with Gasteiger partial charge in [0.15, 0.2) is 0 Å². The number of carbonyl (C=O) groups excluding carboxylic acids is 1. The molecule has 0 saturated heterocycles. The van der Waals surface area contributed by atoms with Gasteiger partial charge in [-0.1, -0.05) is 48.5 Å². The van der Waals surface area contributed by atoms with Gasteiger partial charge < -0.3 is 4.90 Å². The summed E-state index contributed by atoms with van der Waals surface area (Å²) in [4.78, 5) is 32.8. The molecule has 0 bridgehead atoms. The summed E-state index contributed by atoms with van der Waals surface area (Å²) in [6, 6.07) is 24.6. The molecule has 4 aromatic rings. The molecule has 1 aliphatic heterocycles. The van der Waals surface area contributed by atoms with Crippen molar-refractivity contribution in [1.29, 1.82) is 0 Å². The number of anilines is 1. The molecule has 2 heterocycles. The first-order chi connectivity index (χ1) is 14.1. The molecule has 5 nitrogen and oxygen atoms in total. The van der Waals surface area contributed by atoms with Gasteiger partial charge in [-0.05, 0) is 35.9 Å². The monoisotopic (exact) mass is 381 g/mol. The fourth-order valence-electron chi connectivity index (χ4n) is 4.11. The molecule has 29 heavy (non-hydrogen) atoms. The predicted octanol–water partition coefficient (Wildman–Crippen LogP) is 3.69. The van der Waals surface area contributed by atoms with Crippen molar-refractivity contribution >= 4 is 22.5 Å². The summed E-state index contributed by atoms with van der Waals surface area (Å²) in [5.41, 5.74) is 3.16. The number of hydrogen-bond acceptors (Lipinski definition) is 3. The lowest BCUT2D eigenvalue weighted by Crippen LogP contribution is -2.28. The third kappa shape index (κ3) is 2.74. The fraction of sp³-hybridized carbons (Fsp3) is 0.125. The van der Waals surface area contributed by atoms with Gasteiger partial charge in [0.25, 0.3) is 5.56 Å². The molecule has 142 valence electrons. The van der Waals surface area contributed by atoms with E-state index in [2.05, 4.69) is 0 Å². The SMILES string of the molecule is CN1C(=O)[C@H](Cc2nc3ccccc3c(=O)n2-c2ccccc2)c2ccccc21. The Hall–Kier alpha value is -3.73. The van der Waals surface area contributed by atoms with E-state index in [4.69, 9.17) is 4.98 Å². The third-order valence-electron chi connectivity index (χ3n) is 5.55. The Balaban J connectivity index is 1.71. The van der Waals surface area contributed by atoms with Crippen molar-refractivity contribution in [3.63, 3.8) is 0 Å². The van der Waals surface area contributed by atoms with Crippen LogP contribution in [0, 0.1) is 0 Å². The van der Waals surface area contributed by atoms with Crippen LogP contribution in [0.1, 0.15) is 17.3 Å². The van der Waals surface area contributed by atoms with E-state index in [0.29, 0.717) is 23.1 Å². The molecule has 0 aliphatic carbocycles. The van der Waals surface area contributed by atoms with Crippen molar-refractivity contribution < 1.29 is 4.79 Å². The molecule has 3 aromatic carbocycles. The quantitative estimate of drug-likeness (QED) is 0.544. The topological polar surface area (TPSA) is 55.2 Å². The zero-order valence-corrected chi connectivity index (χ0v) is 15.9. The van der Waals surface area contributed by atoms with E-state index < -0.39 is 0 Å². The predicted molar refractivity (Wildman–Crippen MR) is 114 cm³/mol. The number of para-hydroxylation sites is 3. The van der Waals surface area contributed by atoms with Crippen LogP contribution < -0.4 is 10.5 Å². The number of rotatable bonds is 3. The highest BCUT2D eigenvalue weighted by Crippen LogP contribution is 2.38. The average molecular weight is 381 g/mol. The third-order valence-corrected chi connectivity index (χ3v) is 5.55. The van der Waals surface area contributed by atoms with Gasteiger partial charge in [0.05, 0.1) is 22.5 Å². The zero-order valence-electron chi connectivity index (χ0n) is 15.9. The van der Waals surface area contributed by atoms with Crippen LogP contribution in [0.5, 0.6) is 0 Å². The lowest BCUT2D eigenvalue weighted by Gasteiger charge is -2.16. The average Bonchev–Trinajstić information content (AvgIpc) is 3.00. The Morgan fingerprint density at radius 3 is 2.38 bits per heavy atom. The van der Waals surface area contributed by atoms with Gasteiger partial charge >= 0.3 is 0 Å². The minimum atomic E-state index is -0.362. The number of aromatic nitrogens is 2. The number of nitrogens with zero attached hydrogens (tertiary/aromatic N) is 3. The van der Waals surface area contributed by atoms with Crippen molar-refractivity contribution in [2.45, 2.75) is 12.3 Å². The summed E-state index contributed by atoms with van der Waals surface area (Å²) < 4.78 is 1.64. The first-order valence-corrected chi connectivity index (χ1v) is 9.58. The van der Waals surface area contributed by atoms with Gasteiger partial charge in [0.1, 0.15) is 5.82 Å². The second-order valence-electron chi connectivity index (χ2n) is 7.23. The van der Waals surface area contributed by atoms with Crippen molar-refractivity contribution in [3.8, 4) is 5.69 Å². The van der Waals surface area contributed by atoms with E-state index >= 15 is 0 Å². The molecular weight excluding hydrogens is 362 g/mol. The van der Waals surface area contributed by atoms with E-state index in [1.165, 1.54) is 0 Å². The summed E-state index contributed by atoms with van der Waals surface area (Å²) in [6.45, 7) is 0. The van der Waals surface area contributed by atoms with Crippen molar-refractivity contribution in [3.05, 3.63) is 101 Å². The van der Waals surface area contributed by atoms with E-state index in [-0.39, 0.29) is 17.4 Å². The van der Waals surface area contributed by atoms with Crippen LogP contribution in [0.2, 0.25) is 0 Å².